The Morgan fingerprint density at radius 1 is 1.17 bits per heavy atom. The summed E-state index contributed by atoms with van der Waals surface area (Å²) in [4.78, 5) is 14.3. The smallest absolute Gasteiger partial charge is 0.271 e. The lowest BCUT2D eigenvalue weighted by Crippen LogP contribution is -2.27. The lowest BCUT2D eigenvalue weighted by atomic mass is 10.1. The summed E-state index contributed by atoms with van der Waals surface area (Å²) in [6.45, 7) is 2.56. The Morgan fingerprint density at radius 2 is 2.00 bits per heavy atom. The standard InChI is InChI=1S/C17H19ClN4O/c18-14-5-3-4-13(12-14)8-9-19-17(23)15-6-7-16(21-20-15)22-10-1-2-11-22/h3-7,12H,1-2,8-11H2,(H,19,23). The Morgan fingerprint density at radius 3 is 2.70 bits per heavy atom. The van der Waals surface area contributed by atoms with Gasteiger partial charge in [-0.2, -0.15) is 0 Å². The maximum absolute atomic E-state index is 12.1. The highest BCUT2D eigenvalue weighted by Gasteiger charge is 2.15. The number of carbonyl (C=O) groups is 1. The van der Waals surface area contributed by atoms with Crippen LogP contribution in [0.3, 0.4) is 0 Å². The number of nitrogens with one attached hydrogen (secondary N) is 1. The molecular weight excluding hydrogens is 312 g/mol. The Hall–Kier alpha value is -2.14. The highest BCUT2D eigenvalue weighted by atomic mass is 35.5. The molecule has 1 aliphatic rings. The minimum atomic E-state index is -0.201. The largest absolute Gasteiger partial charge is 0.355 e. The predicted molar refractivity (Wildman–Crippen MR) is 91.0 cm³/mol. The summed E-state index contributed by atoms with van der Waals surface area (Å²) >= 11 is 5.94. The predicted octanol–water partition coefficient (Wildman–Crippen LogP) is 2.70. The fourth-order valence-electron chi connectivity index (χ4n) is 2.66. The van der Waals surface area contributed by atoms with Gasteiger partial charge < -0.3 is 10.2 Å². The van der Waals surface area contributed by atoms with E-state index in [1.165, 1.54) is 12.8 Å². The second-order valence-electron chi connectivity index (χ2n) is 5.61. The summed E-state index contributed by atoms with van der Waals surface area (Å²) in [6.07, 6.45) is 3.10. The van der Waals surface area contributed by atoms with Crippen LogP contribution < -0.4 is 10.2 Å². The summed E-state index contributed by atoms with van der Waals surface area (Å²) in [7, 11) is 0. The molecule has 2 heterocycles. The molecule has 6 heteroatoms. The molecule has 0 spiro atoms. The average Bonchev–Trinajstić information content (AvgIpc) is 3.09. The van der Waals surface area contributed by atoms with Crippen LogP contribution in [0.2, 0.25) is 5.02 Å². The molecule has 0 saturated carbocycles. The van der Waals surface area contributed by atoms with Crippen molar-refractivity contribution in [3.63, 3.8) is 0 Å². The summed E-state index contributed by atoms with van der Waals surface area (Å²) < 4.78 is 0. The lowest BCUT2D eigenvalue weighted by Gasteiger charge is -2.15. The Labute approximate surface area is 140 Å². The van der Waals surface area contributed by atoms with Gasteiger partial charge in [-0.3, -0.25) is 4.79 Å². The molecule has 0 radical (unpaired) electrons. The first-order valence-corrected chi connectivity index (χ1v) is 8.21. The molecule has 1 aromatic carbocycles. The summed E-state index contributed by atoms with van der Waals surface area (Å²) in [6, 6.07) is 11.2. The first kappa shape index (κ1) is 15.7. The van der Waals surface area contributed by atoms with E-state index in [4.69, 9.17) is 11.6 Å². The van der Waals surface area contributed by atoms with E-state index in [1.54, 1.807) is 6.07 Å². The summed E-state index contributed by atoms with van der Waals surface area (Å²) in [5, 5.41) is 11.8. The minimum Gasteiger partial charge on any atom is -0.355 e. The normalized spacial score (nSPS) is 14.0. The van der Waals surface area contributed by atoms with Gasteiger partial charge in [0.05, 0.1) is 0 Å². The number of amides is 1. The molecule has 23 heavy (non-hydrogen) atoms. The van der Waals surface area contributed by atoms with Crippen molar-refractivity contribution < 1.29 is 4.79 Å². The number of hydrogen-bond donors (Lipinski definition) is 1. The number of nitrogens with zero attached hydrogens (tertiary/aromatic N) is 3. The average molecular weight is 331 g/mol. The SMILES string of the molecule is O=C(NCCc1cccc(Cl)c1)c1ccc(N2CCCC2)nn1. The number of benzene rings is 1. The summed E-state index contributed by atoms with van der Waals surface area (Å²) in [5.74, 6) is 0.644. The van der Waals surface area contributed by atoms with E-state index in [0.717, 1.165) is 30.9 Å². The van der Waals surface area contributed by atoms with Gasteiger partial charge in [-0.25, -0.2) is 0 Å². The molecule has 3 rings (SSSR count). The zero-order valence-electron chi connectivity index (χ0n) is 12.8. The minimum absolute atomic E-state index is 0.201. The van der Waals surface area contributed by atoms with Gasteiger partial charge in [0.15, 0.2) is 11.5 Å². The van der Waals surface area contributed by atoms with Crippen LogP contribution in [0.25, 0.3) is 0 Å². The first-order valence-electron chi connectivity index (χ1n) is 7.84. The van der Waals surface area contributed by atoms with Crippen molar-refractivity contribution in [1.82, 2.24) is 15.5 Å². The molecule has 0 bridgehead atoms. The van der Waals surface area contributed by atoms with Crippen LogP contribution in [0, 0.1) is 0 Å². The first-order chi connectivity index (χ1) is 11.2. The molecule has 1 N–H and O–H groups in total. The van der Waals surface area contributed by atoms with Gasteiger partial charge in [-0.1, -0.05) is 23.7 Å². The highest BCUT2D eigenvalue weighted by molar-refractivity contribution is 6.30. The van der Waals surface area contributed by atoms with Crippen molar-refractivity contribution in [2.45, 2.75) is 19.3 Å². The third-order valence-electron chi connectivity index (χ3n) is 3.90. The van der Waals surface area contributed by atoms with Crippen LogP contribution in [-0.2, 0) is 6.42 Å². The van der Waals surface area contributed by atoms with Gasteiger partial charge in [0.2, 0.25) is 0 Å². The van der Waals surface area contributed by atoms with Gasteiger partial charge in [-0.05, 0) is 49.1 Å². The van der Waals surface area contributed by atoms with E-state index in [2.05, 4.69) is 20.4 Å². The molecule has 0 unspecified atom stereocenters. The van der Waals surface area contributed by atoms with Gasteiger partial charge in [0.25, 0.3) is 5.91 Å². The highest BCUT2D eigenvalue weighted by Crippen LogP contribution is 2.16. The Balaban J connectivity index is 1.51. The van der Waals surface area contributed by atoms with Crippen LogP contribution in [-0.4, -0.2) is 35.7 Å². The molecule has 2 aromatic rings. The van der Waals surface area contributed by atoms with Crippen molar-refractivity contribution in [3.05, 3.63) is 52.7 Å². The monoisotopic (exact) mass is 330 g/mol. The molecule has 0 atom stereocenters. The number of anilines is 1. The van der Waals surface area contributed by atoms with Gasteiger partial charge in [0, 0.05) is 24.7 Å². The zero-order chi connectivity index (χ0) is 16.1. The molecule has 1 amide bonds. The van der Waals surface area contributed by atoms with Crippen LogP contribution in [0.1, 0.15) is 28.9 Å². The molecule has 0 aliphatic carbocycles. The van der Waals surface area contributed by atoms with E-state index in [9.17, 15) is 4.79 Å². The third-order valence-corrected chi connectivity index (χ3v) is 4.14. The van der Waals surface area contributed by atoms with Gasteiger partial charge in [-0.15, -0.1) is 10.2 Å². The maximum Gasteiger partial charge on any atom is 0.271 e. The van der Waals surface area contributed by atoms with Crippen LogP contribution >= 0.6 is 11.6 Å². The second-order valence-corrected chi connectivity index (χ2v) is 6.04. The molecular formula is C17H19ClN4O. The molecule has 5 nitrogen and oxygen atoms in total. The van der Waals surface area contributed by atoms with Crippen molar-refractivity contribution >= 4 is 23.3 Å². The zero-order valence-corrected chi connectivity index (χ0v) is 13.6. The Kier molecular flexibility index (Phi) is 5.08. The fraction of sp³-hybridized carbons (Fsp3) is 0.353. The van der Waals surface area contributed by atoms with E-state index < -0.39 is 0 Å². The summed E-state index contributed by atoms with van der Waals surface area (Å²) in [5.41, 5.74) is 1.44. The number of hydrogen-bond acceptors (Lipinski definition) is 4. The second kappa shape index (κ2) is 7.42. The number of aromatic nitrogens is 2. The van der Waals surface area contributed by atoms with E-state index in [1.807, 2.05) is 30.3 Å². The fourth-order valence-corrected chi connectivity index (χ4v) is 2.88. The maximum atomic E-state index is 12.1. The number of carbonyl (C=O) groups excluding carboxylic acids is 1. The van der Waals surface area contributed by atoms with Crippen LogP contribution in [0.15, 0.2) is 36.4 Å². The van der Waals surface area contributed by atoms with Crippen molar-refractivity contribution in [2.75, 3.05) is 24.5 Å². The van der Waals surface area contributed by atoms with Crippen LogP contribution in [0.5, 0.6) is 0 Å². The topological polar surface area (TPSA) is 58.1 Å². The van der Waals surface area contributed by atoms with E-state index >= 15 is 0 Å². The van der Waals surface area contributed by atoms with E-state index in [-0.39, 0.29) is 5.91 Å². The third kappa shape index (κ3) is 4.20. The number of halogens is 1. The Bertz CT molecular complexity index is 669. The van der Waals surface area contributed by atoms with E-state index in [0.29, 0.717) is 17.3 Å². The molecule has 1 fully saturated rings. The van der Waals surface area contributed by atoms with Crippen LogP contribution in [0.4, 0.5) is 5.82 Å². The van der Waals surface area contributed by atoms with Crippen molar-refractivity contribution in [2.24, 2.45) is 0 Å². The van der Waals surface area contributed by atoms with Gasteiger partial charge >= 0.3 is 0 Å². The van der Waals surface area contributed by atoms with Crippen molar-refractivity contribution in [3.8, 4) is 0 Å². The molecule has 1 aliphatic heterocycles. The number of rotatable bonds is 5. The molecule has 1 saturated heterocycles. The molecule has 1 aromatic heterocycles. The van der Waals surface area contributed by atoms with Crippen molar-refractivity contribution in [1.29, 1.82) is 0 Å². The quantitative estimate of drug-likeness (QED) is 0.915. The molecule has 120 valence electrons. The lowest BCUT2D eigenvalue weighted by molar-refractivity contribution is 0.0948. The van der Waals surface area contributed by atoms with Gasteiger partial charge in [0.1, 0.15) is 0 Å².